The first-order chi connectivity index (χ1) is 14.6. The van der Waals surface area contributed by atoms with Crippen LogP contribution in [0.5, 0.6) is 0 Å². The van der Waals surface area contributed by atoms with Gasteiger partial charge in [0.15, 0.2) is 0 Å². The van der Waals surface area contributed by atoms with Crippen molar-refractivity contribution in [3.8, 4) is 0 Å². The number of anilines is 1. The molecule has 2 heterocycles. The topological polar surface area (TPSA) is 105 Å². The van der Waals surface area contributed by atoms with Crippen LogP contribution in [0.2, 0.25) is 0 Å². The van der Waals surface area contributed by atoms with Crippen LogP contribution in [-0.2, 0) is 19.9 Å². The van der Waals surface area contributed by atoms with Gasteiger partial charge in [-0.15, -0.1) is 11.3 Å². The average molecular weight is 444 g/mol. The van der Waals surface area contributed by atoms with Crippen LogP contribution in [0, 0.1) is 20.8 Å². The van der Waals surface area contributed by atoms with Crippen LogP contribution in [0.3, 0.4) is 0 Å². The van der Waals surface area contributed by atoms with E-state index in [1.54, 1.807) is 32.9 Å². The fraction of sp³-hybridized carbons (Fsp3) is 0.364. The van der Waals surface area contributed by atoms with Gasteiger partial charge >= 0.3 is 12.0 Å². The van der Waals surface area contributed by atoms with Crippen LogP contribution >= 0.6 is 11.3 Å². The van der Waals surface area contributed by atoms with E-state index in [-0.39, 0.29) is 6.61 Å². The molecule has 1 aliphatic rings. The highest BCUT2D eigenvalue weighted by Crippen LogP contribution is 2.33. The van der Waals surface area contributed by atoms with Crippen LogP contribution in [0.15, 0.2) is 24.3 Å². The van der Waals surface area contributed by atoms with E-state index in [1.165, 1.54) is 11.3 Å². The molecule has 8 nitrogen and oxygen atoms in total. The van der Waals surface area contributed by atoms with Gasteiger partial charge < -0.3 is 15.4 Å². The van der Waals surface area contributed by atoms with Gasteiger partial charge in [0.1, 0.15) is 17.1 Å². The third-order valence-electron chi connectivity index (χ3n) is 5.32. The Balaban J connectivity index is 1.78. The second-order valence-electron chi connectivity index (χ2n) is 7.57. The van der Waals surface area contributed by atoms with Crippen LogP contribution in [0.1, 0.15) is 45.8 Å². The first kappa shape index (κ1) is 22.5. The Hall–Kier alpha value is -3.20. The standard InChI is InChI=1S/C22H25N3O5S/c1-6-30-19(27)17-13(3)14(4)31-18(17)23-16(26)11-25-20(28)22(5,24-21(25)29)15-9-7-12(2)8-10-15/h7-10H,6,11H2,1-5H3,(H,23,26)(H,24,29). The Morgan fingerprint density at radius 1 is 1.16 bits per heavy atom. The minimum Gasteiger partial charge on any atom is -0.462 e. The van der Waals surface area contributed by atoms with Gasteiger partial charge in [-0.1, -0.05) is 29.8 Å². The van der Waals surface area contributed by atoms with Gasteiger partial charge in [-0.05, 0) is 45.7 Å². The van der Waals surface area contributed by atoms with Crippen LogP contribution < -0.4 is 10.6 Å². The van der Waals surface area contributed by atoms with Gasteiger partial charge in [0.2, 0.25) is 5.91 Å². The number of hydrogen-bond acceptors (Lipinski definition) is 6. The maximum absolute atomic E-state index is 13.0. The van der Waals surface area contributed by atoms with Crippen molar-refractivity contribution in [2.45, 2.75) is 40.2 Å². The first-order valence-corrected chi connectivity index (χ1v) is 10.7. The van der Waals surface area contributed by atoms with Crippen molar-refractivity contribution >= 4 is 40.2 Å². The van der Waals surface area contributed by atoms with Crippen LogP contribution in [-0.4, -0.2) is 41.9 Å². The second kappa shape index (κ2) is 8.50. The van der Waals surface area contributed by atoms with E-state index in [2.05, 4.69) is 10.6 Å². The molecular weight excluding hydrogens is 418 g/mol. The first-order valence-electron chi connectivity index (χ1n) is 9.86. The van der Waals surface area contributed by atoms with Gasteiger partial charge in [-0.25, -0.2) is 9.59 Å². The third-order valence-corrected chi connectivity index (χ3v) is 6.45. The Kier molecular flexibility index (Phi) is 6.17. The molecule has 1 fully saturated rings. The van der Waals surface area contributed by atoms with Crippen molar-refractivity contribution in [1.82, 2.24) is 10.2 Å². The zero-order valence-electron chi connectivity index (χ0n) is 18.1. The summed E-state index contributed by atoms with van der Waals surface area (Å²) in [4.78, 5) is 52.2. The highest BCUT2D eigenvalue weighted by Gasteiger charge is 2.49. The number of carbonyl (C=O) groups excluding carboxylic acids is 4. The summed E-state index contributed by atoms with van der Waals surface area (Å²) in [6.07, 6.45) is 0. The molecule has 1 atom stereocenters. The highest BCUT2D eigenvalue weighted by molar-refractivity contribution is 7.16. The van der Waals surface area contributed by atoms with Crippen molar-refractivity contribution < 1.29 is 23.9 Å². The van der Waals surface area contributed by atoms with Gasteiger partial charge in [-0.2, -0.15) is 0 Å². The molecule has 1 aromatic heterocycles. The predicted octanol–water partition coefficient (Wildman–Crippen LogP) is 3.26. The molecule has 1 saturated heterocycles. The van der Waals surface area contributed by atoms with Gasteiger partial charge in [0, 0.05) is 4.88 Å². The summed E-state index contributed by atoms with van der Waals surface area (Å²) in [5, 5.41) is 5.68. The molecule has 3 rings (SSSR count). The number of nitrogens with one attached hydrogen (secondary N) is 2. The molecule has 0 bridgehead atoms. The predicted molar refractivity (Wildman–Crippen MR) is 117 cm³/mol. The summed E-state index contributed by atoms with van der Waals surface area (Å²) in [6.45, 7) is 8.59. The number of benzene rings is 1. The van der Waals surface area contributed by atoms with Crippen molar-refractivity contribution in [2.75, 3.05) is 18.5 Å². The lowest BCUT2D eigenvalue weighted by molar-refractivity contribution is -0.133. The van der Waals surface area contributed by atoms with E-state index in [1.807, 2.05) is 26.0 Å². The summed E-state index contributed by atoms with van der Waals surface area (Å²) in [7, 11) is 0. The van der Waals surface area contributed by atoms with E-state index in [9.17, 15) is 19.2 Å². The van der Waals surface area contributed by atoms with E-state index in [4.69, 9.17) is 4.74 Å². The number of carbonyl (C=O) groups is 4. The molecule has 31 heavy (non-hydrogen) atoms. The van der Waals surface area contributed by atoms with Crippen molar-refractivity contribution in [2.24, 2.45) is 0 Å². The Morgan fingerprint density at radius 3 is 2.42 bits per heavy atom. The molecule has 2 aromatic rings. The maximum atomic E-state index is 13.0. The number of esters is 1. The number of hydrogen-bond donors (Lipinski definition) is 2. The van der Waals surface area contributed by atoms with Crippen molar-refractivity contribution in [1.29, 1.82) is 0 Å². The quantitative estimate of drug-likeness (QED) is 0.527. The maximum Gasteiger partial charge on any atom is 0.341 e. The van der Waals surface area contributed by atoms with Crippen molar-refractivity contribution in [3.05, 3.63) is 51.4 Å². The summed E-state index contributed by atoms with van der Waals surface area (Å²) >= 11 is 1.24. The second-order valence-corrected chi connectivity index (χ2v) is 8.79. The minimum atomic E-state index is -1.25. The monoisotopic (exact) mass is 443 g/mol. The number of nitrogens with zero attached hydrogens (tertiary/aromatic N) is 1. The smallest absolute Gasteiger partial charge is 0.341 e. The Bertz CT molecular complexity index is 1060. The SMILES string of the molecule is CCOC(=O)c1c(NC(=O)CN2C(=O)NC(C)(c3ccc(C)cc3)C2=O)sc(C)c1C. The summed E-state index contributed by atoms with van der Waals surface area (Å²) in [5.41, 5.74) is 1.42. The highest BCUT2D eigenvalue weighted by atomic mass is 32.1. The lowest BCUT2D eigenvalue weighted by atomic mass is 9.91. The molecule has 4 amide bonds. The molecular formula is C22H25N3O5S. The Labute approximate surface area is 184 Å². The van der Waals surface area contributed by atoms with E-state index in [0.717, 1.165) is 20.9 Å². The number of imide groups is 1. The Morgan fingerprint density at radius 2 is 1.81 bits per heavy atom. The van der Waals surface area contributed by atoms with Crippen LogP contribution in [0.25, 0.3) is 0 Å². The summed E-state index contributed by atoms with van der Waals surface area (Å²) in [6, 6.07) is 6.62. The number of rotatable bonds is 6. The zero-order valence-corrected chi connectivity index (χ0v) is 18.9. The average Bonchev–Trinajstić information content (AvgIpc) is 3.10. The molecule has 1 unspecified atom stereocenters. The van der Waals surface area contributed by atoms with E-state index in [0.29, 0.717) is 16.1 Å². The molecule has 164 valence electrons. The number of urea groups is 1. The lowest BCUT2D eigenvalue weighted by Crippen LogP contribution is -2.42. The normalized spacial score (nSPS) is 18.2. The van der Waals surface area contributed by atoms with E-state index < -0.39 is 35.9 Å². The molecule has 2 N–H and O–H groups in total. The molecule has 0 aliphatic carbocycles. The number of aryl methyl sites for hydroxylation is 2. The van der Waals surface area contributed by atoms with Gasteiger partial charge in [0.25, 0.3) is 5.91 Å². The molecule has 0 spiro atoms. The number of ether oxygens (including phenoxy) is 1. The number of amides is 4. The van der Waals surface area contributed by atoms with Crippen molar-refractivity contribution in [3.63, 3.8) is 0 Å². The van der Waals surface area contributed by atoms with Gasteiger partial charge in [0.05, 0.1) is 12.2 Å². The van der Waals surface area contributed by atoms with E-state index >= 15 is 0 Å². The van der Waals surface area contributed by atoms with Gasteiger partial charge in [-0.3, -0.25) is 14.5 Å². The number of thiophene rings is 1. The molecule has 0 saturated carbocycles. The minimum absolute atomic E-state index is 0.209. The summed E-state index contributed by atoms with van der Waals surface area (Å²) in [5.74, 6) is -1.62. The molecule has 9 heteroatoms. The molecule has 0 radical (unpaired) electrons. The molecule has 1 aromatic carbocycles. The third kappa shape index (κ3) is 4.18. The lowest BCUT2D eigenvalue weighted by Gasteiger charge is -2.22. The zero-order chi connectivity index (χ0) is 22.9. The largest absolute Gasteiger partial charge is 0.462 e. The summed E-state index contributed by atoms with van der Waals surface area (Å²) < 4.78 is 5.08. The molecule has 1 aliphatic heterocycles. The van der Waals surface area contributed by atoms with Crippen LogP contribution in [0.4, 0.5) is 9.80 Å². The fourth-order valence-corrected chi connectivity index (χ4v) is 4.46. The fourth-order valence-electron chi connectivity index (χ4n) is 3.40.